The Balaban J connectivity index is 1.57. The molecule has 5 nitrogen and oxygen atoms in total. The molecular formula is C33H53NO4. The molecule has 0 radical (unpaired) electrons. The summed E-state index contributed by atoms with van der Waals surface area (Å²) in [6.45, 7) is 18.4. The first-order valence-corrected chi connectivity index (χ1v) is 15.4. The van der Waals surface area contributed by atoms with Crippen LogP contribution in [0.2, 0.25) is 0 Å². The quantitative estimate of drug-likeness (QED) is 0.424. The van der Waals surface area contributed by atoms with Crippen LogP contribution in [0.15, 0.2) is 11.1 Å². The second kappa shape index (κ2) is 8.90. The summed E-state index contributed by atoms with van der Waals surface area (Å²) in [5, 5.41) is 11.3. The van der Waals surface area contributed by atoms with Gasteiger partial charge in [-0.2, -0.15) is 0 Å². The lowest BCUT2D eigenvalue weighted by Gasteiger charge is -2.72. The normalized spacial score (nSPS) is 46.7. The maximum Gasteiger partial charge on any atom is 0.302 e. The standard InChI is InChI=1S/C33H53NO4/c1-19(2)27-22(36)17-33(25(37)18-34)16-15-31(7)21(28(27)33)9-10-24-30(6)13-12-26(38-20(3)35)29(4,5)23(30)11-14-32(24,31)8/h19,21,23-26,37H,9-18,34H2,1-8H3/t21-,23-,24-,25-,26+,30+,31-,32-,33+/m1/s1. The van der Waals surface area contributed by atoms with Gasteiger partial charge in [0, 0.05) is 30.7 Å². The third-order valence-electron chi connectivity index (χ3n) is 13.6. The molecule has 5 aliphatic rings. The van der Waals surface area contributed by atoms with Gasteiger partial charge in [-0.25, -0.2) is 0 Å². The number of ether oxygens (including phenoxy) is 1. The lowest BCUT2D eigenvalue weighted by Crippen LogP contribution is -2.66. The van der Waals surface area contributed by atoms with E-state index in [1.54, 1.807) is 6.92 Å². The summed E-state index contributed by atoms with van der Waals surface area (Å²) in [7, 11) is 0. The first-order chi connectivity index (χ1) is 17.6. The number of esters is 1. The topological polar surface area (TPSA) is 89.6 Å². The molecule has 0 heterocycles. The van der Waals surface area contributed by atoms with Crippen molar-refractivity contribution in [3.05, 3.63) is 11.1 Å². The summed E-state index contributed by atoms with van der Waals surface area (Å²) < 4.78 is 5.89. The summed E-state index contributed by atoms with van der Waals surface area (Å²) in [5.74, 6) is 1.70. The number of carbonyl (C=O) groups is 2. The Morgan fingerprint density at radius 1 is 0.974 bits per heavy atom. The molecule has 0 saturated heterocycles. The highest BCUT2D eigenvalue weighted by Crippen LogP contribution is 2.77. The Morgan fingerprint density at radius 3 is 2.26 bits per heavy atom. The van der Waals surface area contributed by atoms with Gasteiger partial charge < -0.3 is 15.6 Å². The van der Waals surface area contributed by atoms with E-state index < -0.39 is 11.5 Å². The minimum atomic E-state index is -0.654. The highest BCUT2D eigenvalue weighted by Gasteiger charge is 2.70. The second-order valence-electron chi connectivity index (χ2n) is 15.6. The Labute approximate surface area is 230 Å². The van der Waals surface area contributed by atoms with E-state index in [0.717, 1.165) is 50.5 Å². The van der Waals surface area contributed by atoms with Gasteiger partial charge in [0.1, 0.15) is 6.10 Å². The Bertz CT molecular complexity index is 1050. The number of rotatable bonds is 4. The highest BCUT2D eigenvalue weighted by atomic mass is 16.5. The molecular weight excluding hydrogens is 474 g/mol. The average Bonchev–Trinajstić information content (AvgIpc) is 3.14. The van der Waals surface area contributed by atoms with Crippen molar-refractivity contribution in [2.45, 2.75) is 125 Å². The minimum Gasteiger partial charge on any atom is -0.462 e. The van der Waals surface area contributed by atoms with Gasteiger partial charge in [-0.1, -0.05) is 54.0 Å². The monoisotopic (exact) mass is 527 g/mol. The predicted molar refractivity (Wildman–Crippen MR) is 150 cm³/mol. The van der Waals surface area contributed by atoms with Crippen molar-refractivity contribution in [3.63, 3.8) is 0 Å². The van der Waals surface area contributed by atoms with Crippen LogP contribution < -0.4 is 5.73 Å². The van der Waals surface area contributed by atoms with Crippen LogP contribution in [0.3, 0.4) is 0 Å². The molecule has 5 rings (SSSR count). The number of Topliss-reactive ketones (excluding diaryl/α,β-unsaturated/α-hetero) is 1. The zero-order valence-corrected chi connectivity index (χ0v) is 25.3. The number of aliphatic hydroxyl groups excluding tert-OH is 1. The molecule has 38 heavy (non-hydrogen) atoms. The molecule has 0 aliphatic heterocycles. The van der Waals surface area contributed by atoms with E-state index in [1.165, 1.54) is 12.0 Å². The molecule has 4 fully saturated rings. The van der Waals surface area contributed by atoms with Crippen LogP contribution in [0.1, 0.15) is 113 Å². The van der Waals surface area contributed by atoms with Crippen molar-refractivity contribution in [3.8, 4) is 0 Å². The van der Waals surface area contributed by atoms with Crippen LogP contribution in [0.5, 0.6) is 0 Å². The maximum atomic E-state index is 13.5. The maximum absolute atomic E-state index is 13.5. The zero-order valence-electron chi connectivity index (χ0n) is 25.3. The number of fused-ring (bicyclic) bond motifs is 7. The van der Waals surface area contributed by atoms with Gasteiger partial charge in [0.2, 0.25) is 0 Å². The van der Waals surface area contributed by atoms with Gasteiger partial charge in [0.05, 0.1) is 6.10 Å². The van der Waals surface area contributed by atoms with Crippen molar-refractivity contribution in [2.24, 2.45) is 56.5 Å². The summed E-state index contributed by atoms with van der Waals surface area (Å²) in [4.78, 5) is 25.4. The molecule has 0 aromatic heterocycles. The first-order valence-electron chi connectivity index (χ1n) is 15.4. The van der Waals surface area contributed by atoms with Crippen LogP contribution in [-0.4, -0.2) is 35.6 Å². The Hall–Kier alpha value is -1.20. The van der Waals surface area contributed by atoms with Crippen LogP contribution in [0, 0.1) is 50.7 Å². The average molecular weight is 528 g/mol. The molecule has 0 amide bonds. The van der Waals surface area contributed by atoms with Gasteiger partial charge in [0.15, 0.2) is 5.78 Å². The molecule has 4 saturated carbocycles. The minimum absolute atomic E-state index is 0.00865. The Kier molecular flexibility index (Phi) is 6.63. The van der Waals surface area contributed by atoms with Gasteiger partial charge in [-0.05, 0) is 96.9 Å². The van der Waals surface area contributed by atoms with E-state index in [4.69, 9.17) is 10.5 Å². The van der Waals surface area contributed by atoms with Crippen LogP contribution >= 0.6 is 0 Å². The molecule has 214 valence electrons. The first kappa shape index (κ1) is 28.3. The van der Waals surface area contributed by atoms with E-state index in [2.05, 4.69) is 48.5 Å². The predicted octanol–water partition coefficient (Wildman–Crippen LogP) is 6.22. The summed E-state index contributed by atoms with van der Waals surface area (Å²) in [5.41, 5.74) is 8.34. The number of aliphatic hydroxyl groups is 1. The van der Waals surface area contributed by atoms with Crippen molar-refractivity contribution in [1.82, 2.24) is 0 Å². The van der Waals surface area contributed by atoms with E-state index in [0.29, 0.717) is 24.2 Å². The highest BCUT2D eigenvalue weighted by molar-refractivity contribution is 6.00. The largest absolute Gasteiger partial charge is 0.462 e. The molecule has 3 N–H and O–H groups in total. The van der Waals surface area contributed by atoms with Crippen molar-refractivity contribution in [1.29, 1.82) is 0 Å². The molecule has 0 bridgehead atoms. The molecule has 5 aliphatic carbocycles. The molecule has 0 aromatic carbocycles. The van der Waals surface area contributed by atoms with Gasteiger partial charge in [0.25, 0.3) is 0 Å². The fourth-order valence-electron chi connectivity index (χ4n) is 11.7. The van der Waals surface area contributed by atoms with E-state index in [1.807, 2.05) is 0 Å². The lowest BCUT2D eigenvalue weighted by atomic mass is 9.33. The van der Waals surface area contributed by atoms with Crippen LogP contribution in [0.4, 0.5) is 0 Å². The van der Waals surface area contributed by atoms with Crippen molar-refractivity contribution < 1.29 is 19.4 Å². The lowest BCUT2D eigenvalue weighted by molar-refractivity contribution is -0.234. The second-order valence-corrected chi connectivity index (χ2v) is 15.6. The SMILES string of the molecule is CC(=O)O[C@H]1CC[C@@]2(C)[C@H](CC[C@]3(C)[C@@H]2CC[C@@H]2C4=C(C(C)C)C(=O)C[C@]4([C@H](O)CN)CC[C@]23C)C1(C)C. The summed E-state index contributed by atoms with van der Waals surface area (Å²) >= 11 is 0. The van der Waals surface area contributed by atoms with E-state index >= 15 is 0 Å². The van der Waals surface area contributed by atoms with Gasteiger partial charge in [-0.3, -0.25) is 9.59 Å². The molecule has 0 aromatic rings. The molecule has 0 spiro atoms. The number of allylic oxidation sites excluding steroid dienone is 1. The molecule has 9 atom stereocenters. The van der Waals surface area contributed by atoms with Crippen molar-refractivity contribution in [2.75, 3.05) is 6.54 Å². The fraction of sp³-hybridized carbons (Fsp3) is 0.879. The van der Waals surface area contributed by atoms with Gasteiger partial charge in [-0.15, -0.1) is 0 Å². The Morgan fingerprint density at radius 2 is 1.66 bits per heavy atom. The number of nitrogens with two attached hydrogens (primary N) is 1. The molecule has 5 heteroatoms. The number of ketones is 1. The third-order valence-corrected chi connectivity index (χ3v) is 13.6. The van der Waals surface area contributed by atoms with E-state index in [-0.39, 0.29) is 52.0 Å². The van der Waals surface area contributed by atoms with Gasteiger partial charge >= 0.3 is 5.97 Å². The number of carbonyl (C=O) groups excluding carboxylic acids is 2. The van der Waals surface area contributed by atoms with E-state index in [9.17, 15) is 14.7 Å². The van der Waals surface area contributed by atoms with Crippen molar-refractivity contribution >= 4 is 11.8 Å². The summed E-state index contributed by atoms with van der Waals surface area (Å²) in [6, 6.07) is 0. The smallest absolute Gasteiger partial charge is 0.302 e. The van der Waals surface area contributed by atoms with Crippen LogP contribution in [0.25, 0.3) is 0 Å². The fourth-order valence-corrected chi connectivity index (χ4v) is 11.7. The van der Waals surface area contributed by atoms with Crippen LogP contribution in [-0.2, 0) is 14.3 Å². The number of hydrogen-bond acceptors (Lipinski definition) is 5. The summed E-state index contributed by atoms with van der Waals surface area (Å²) in [6.07, 6.45) is 8.30. The molecule has 0 unspecified atom stereocenters. The number of hydrogen-bond donors (Lipinski definition) is 2. The third kappa shape index (κ3) is 3.49. The zero-order chi connectivity index (χ0) is 28.1.